The number of nitrogens with one attached hydrogen (secondary N) is 1. The van der Waals surface area contributed by atoms with Gasteiger partial charge in [0.1, 0.15) is 0 Å². The highest BCUT2D eigenvalue weighted by atomic mass is 79.9. The molecule has 0 spiro atoms. The smallest absolute Gasteiger partial charge is 0.0294 e. The molecule has 1 aliphatic carbocycles. The van der Waals surface area contributed by atoms with Crippen molar-refractivity contribution in [1.82, 2.24) is 5.32 Å². The molecule has 0 heterocycles. The molecule has 1 aliphatic rings. The largest absolute Gasteiger partial charge is 0.307 e. The summed E-state index contributed by atoms with van der Waals surface area (Å²) in [4.78, 5) is 0. The molecule has 0 radical (unpaired) electrons. The van der Waals surface area contributed by atoms with Crippen LogP contribution >= 0.6 is 15.9 Å². The van der Waals surface area contributed by atoms with E-state index in [0.717, 1.165) is 10.4 Å². The maximum absolute atomic E-state index is 3.76. The highest BCUT2D eigenvalue weighted by Crippen LogP contribution is 2.25. The molecule has 0 aromatic heterocycles. The summed E-state index contributed by atoms with van der Waals surface area (Å²) in [5.74, 6) is 0.927. The summed E-state index contributed by atoms with van der Waals surface area (Å²) >= 11 is 3.48. The van der Waals surface area contributed by atoms with Crippen LogP contribution in [-0.2, 0) is 0 Å². The molecule has 2 rings (SSSR count). The first kappa shape index (κ1) is 13.1. The zero-order valence-electron chi connectivity index (χ0n) is 10.7. The molecule has 1 aromatic carbocycles. The van der Waals surface area contributed by atoms with Crippen molar-refractivity contribution in [2.24, 2.45) is 5.92 Å². The summed E-state index contributed by atoms with van der Waals surface area (Å²) in [6, 6.07) is 9.82. The quantitative estimate of drug-likeness (QED) is 0.854. The van der Waals surface area contributed by atoms with E-state index in [4.69, 9.17) is 0 Å². The van der Waals surface area contributed by atoms with Crippen molar-refractivity contribution in [3.8, 4) is 0 Å². The van der Waals surface area contributed by atoms with Crippen molar-refractivity contribution >= 4 is 15.9 Å². The third-order valence-corrected chi connectivity index (χ3v) is 4.40. The third-order valence-electron chi connectivity index (χ3n) is 3.87. The maximum Gasteiger partial charge on any atom is 0.0294 e. The van der Waals surface area contributed by atoms with E-state index in [9.17, 15) is 0 Å². The van der Waals surface area contributed by atoms with E-state index in [1.807, 2.05) is 0 Å². The lowest BCUT2D eigenvalue weighted by molar-refractivity contribution is 0.292. The second-order valence-electron chi connectivity index (χ2n) is 5.40. The van der Waals surface area contributed by atoms with Crippen molar-refractivity contribution in [3.05, 3.63) is 34.3 Å². The molecule has 1 nitrogen and oxygen atoms in total. The van der Waals surface area contributed by atoms with E-state index in [1.165, 1.54) is 31.2 Å². The van der Waals surface area contributed by atoms with Gasteiger partial charge in [0.05, 0.1) is 0 Å². The highest BCUT2D eigenvalue weighted by molar-refractivity contribution is 9.10. The molecule has 0 unspecified atom stereocenters. The Morgan fingerprint density at radius 2 is 1.71 bits per heavy atom. The summed E-state index contributed by atoms with van der Waals surface area (Å²) in [5, 5.41) is 3.76. The molecule has 0 bridgehead atoms. The van der Waals surface area contributed by atoms with Gasteiger partial charge in [-0.3, -0.25) is 0 Å². The van der Waals surface area contributed by atoms with Gasteiger partial charge in [0.2, 0.25) is 0 Å². The van der Waals surface area contributed by atoms with Crippen LogP contribution in [0.25, 0.3) is 0 Å². The van der Waals surface area contributed by atoms with Crippen LogP contribution in [0.1, 0.15) is 51.1 Å². The van der Waals surface area contributed by atoms with Crippen LogP contribution in [0.5, 0.6) is 0 Å². The van der Waals surface area contributed by atoms with Crippen molar-refractivity contribution < 1.29 is 0 Å². The summed E-state index contributed by atoms with van der Waals surface area (Å²) < 4.78 is 1.15. The van der Waals surface area contributed by atoms with E-state index < -0.39 is 0 Å². The molecular formula is C15H22BrN. The van der Waals surface area contributed by atoms with Gasteiger partial charge in [-0.1, -0.05) is 35.0 Å². The number of hydrogen-bond acceptors (Lipinski definition) is 1. The fourth-order valence-corrected chi connectivity index (χ4v) is 2.89. The van der Waals surface area contributed by atoms with Gasteiger partial charge in [-0.05, 0) is 56.2 Å². The average molecular weight is 296 g/mol. The number of benzene rings is 1. The molecule has 0 saturated heterocycles. The lowest BCUT2D eigenvalue weighted by Crippen LogP contribution is -2.34. The highest BCUT2D eigenvalue weighted by Gasteiger charge is 2.19. The van der Waals surface area contributed by atoms with Gasteiger partial charge in [0, 0.05) is 16.6 Å². The van der Waals surface area contributed by atoms with Gasteiger partial charge in [-0.15, -0.1) is 0 Å². The maximum atomic E-state index is 3.76. The van der Waals surface area contributed by atoms with Gasteiger partial charge in [0.25, 0.3) is 0 Å². The van der Waals surface area contributed by atoms with Crippen LogP contribution in [0.4, 0.5) is 0 Å². The van der Waals surface area contributed by atoms with Crippen molar-refractivity contribution in [2.45, 2.75) is 51.6 Å². The van der Waals surface area contributed by atoms with Gasteiger partial charge < -0.3 is 5.32 Å². The molecular weight excluding hydrogens is 274 g/mol. The Morgan fingerprint density at radius 1 is 1.12 bits per heavy atom. The predicted molar refractivity (Wildman–Crippen MR) is 77.1 cm³/mol. The molecule has 1 N–H and O–H groups in total. The molecule has 2 heteroatoms. The molecule has 0 amide bonds. The minimum Gasteiger partial charge on any atom is -0.307 e. The third kappa shape index (κ3) is 3.82. The van der Waals surface area contributed by atoms with Gasteiger partial charge in [-0.2, -0.15) is 0 Å². The van der Waals surface area contributed by atoms with Crippen molar-refractivity contribution in [3.63, 3.8) is 0 Å². The predicted octanol–water partition coefficient (Wildman–Crippen LogP) is 4.68. The molecule has 1 aromatic rings. The fourth-order valence-electron chi connectivity index (χ4n) is 2.63. The summed E-state index contributed by atoms with van der Waals surface area (Å²) in [6.07, 6.45) is 5.43. The Bertz CT molecular complexity index is 338. The Hall–Kier alpha value is -0.340. The second kappa shape index (κ2) is 6.01. The summed E-state index contributed by atoms with van der Waals surface area (Å²) in [7, 11) is 0. The van der Waals surface area contributed by atoms with Crippen LogP contribution in [0, 0.1) is 5.92 Å². The minimum atomic E-state index is 0.460. The van der Waals surface area contributed by atoms with Crippen LogP contribution in [0.2, 0.25) is 0 Å². The molecule has 1 atom stereocenters. The zero-order valence-corrected chi connectivity index (χ0v) is 12.3. The minimum absolute atomic E-state index is 0.460. The number of rotatable bonds is 3. The molecule has 1 saturated carbocycles. The lowest BCUT2D eigenvalue weighted by Gasteiger charge is -2.29. The first-order chi connectivity index (χ1) is 8.15. The average Bonchev–Trinajstić information content (AvgIpc) is 2.33. The van der Waals surface area contributed by atoms with Crippen LogP contribution in [0.15, 0.2) is 28.7 Å². The van der Waals surface area contributed by atoms with E-state index >= 15 is 0 Å². The Kier molecular flexibility index (Phi) is 4.63. The van der Waals surface area contributed by atoms with Crippen molar-refractivity contribution in [1.29, 1.82) is 0 Å². The lowest BCUT2D eigenvalue weighted by atomic mass is 9.87. The van der Waals surface area contributed by atoms with Gasteiger partial charge in [0.15, 0.2) is 0 Å². The fraction of sp³-hybridized carbons (Fsp3) is 0.600. The Morgan fingerprint density at radius 3 is 2.29 bits per heavy atom. The first-order valence-corrected chi connectivity index (χ1v) is 7.46. The topological polar surface area (TPSA) is 12.0 Å². The van der Waals surface area contributed by atoms with Crippen LogP contribution < -0.4 is 5.32 Å². The number of halogens is 1. The van der Waals surface area contributed by atoms with E-state index in [-0.39, 0.29) is 0 Å². The molecule has 94 valence electrons. The molecule has 17 heavy (non-hydrogen) atoms. The molecule has 0 aliphatic heterocycles. The van der Waals surface area contributed by atoms with E-state index in [0.29, 0.717) is 12.1 Å². The van der Waals surface area contributed by atoms with E-state index in [1.54, 1.807) is 0 Å². The van der Waals surface area contributed by atoms with Crippen LogP contribution in [0.3, 0.4) is 0 Å². The van der Waals surface area contributed by atoms with Gasteiger partial charge in [-0.25, -0.2) is 0 Å². The summed E-state index contributed by atoms with van der Waals surface area (Å²) in [5.41, 5.74) is 1.38. The zero-order chi connectivity index (χ0) is 12.3. The monoisotopic (exact) mass is 295 g/mol. The Balaban J connectivity index is 1.88. The standard InChI is InChI=1S/C15H22BrN/c1-11-3-9-15(10-4-11)17-12(2)13-5-7-14(16)8-6-13/h5-8,11-12,15,17H,3-4,9-10H2,1-2H3/t11?,12-,15?/m1/s1. The molecule has 1 fully saturated rings. The van der Waals surface area contributed by atoms with Crippen LogP contribution in [-0.4, -0.2) is 6.04 Å². The van der Waals surface area contributed by atoms with E-state index in [2.05, 4.69) is 59.4 Å². The van der Waals surface area contributed by atoms with Crippen molar-refractivity contribution in [2.75, 3.05) is 0 Å². The second-order valence-corrected chi connectivity index (χ2v) is 6.31. The Labute approximate surface area is 113 Å². The SMILES string of the molecule is CC1CCC(N[C@H](C)c2ccc(Br)cc2)CC1. The normalized spacial score (nSPS) is 26.8. The first-order valence-electron chi connectivity index (χ1n) is 6.66. The van der Waals surface area contributed by atoms with Gasteiger partial charge >= 0.3 is 0 Å². The number of hydrogen-bond donors (Lipinski definition) is 1. The summed E-state index contributed by atoms with van der Waals surface area (Å²) in [6.45, 7) is 4.63.